The number of rotatable bonds is 4. The van der Waals surface area contributed by atoms with Crippen LogP contribution in [0.15, 0.2) is 36.5 Å². The molecule has 0 bridgehead atoms. The molecule has 1 N–H and O–H groups in total. The second kappa shape index (κ2) is 8.53. The number of hydrogen-bond acceptors (Lipinski definition) is 3. The summed E-state index contributed by atoms with van der Waals surface area (Å²) in [6, 6.07) is 3.86. The lowest BCUT2D eigenvalue weighted by molar-refractivity contribution is -0.192. The summed E-state index contributed by atoms with van der Waals surface area (Å²) in [7, 11) is 1.10. The average molecular weight is 473 g/mol. The molecule has 180 valence electrons. The third-order valence-electron chi connectivity index (χ3n) is 5.56. The summed E-state index contributed by atoms with van der Waals surface area (Å²) in [6.45, 7) is 4.62. The van der Waals surface area contributed by atoms with Crippen molar-refractivity contribution in [2.75, 3.05) is 12.4 Å². The Hall–Kier alpha value is -2.78. The van der Waals surface area contributed by atoms with Crippen molar-refractivity contribution in [2.24, 2.45) is 5.41 Å². The van der Waals surface area contributed by atoms with E-state index in [-0.39, 0.29) is 11.7 Å². The Morgan fingerprint density at radius 1 is 1.03 bits per heavy atom. The highest BCUT2D eigenvalue weighted by Crippen LogP contribution is 2.38. The zero-order valence-corrected chi connectivity index (χ0v) is 18.6. The number of anilines is 1. The molecule has 2 unspecified atom stereocenters. The lowest BCUT2D eigenvalue weighted by Gasteiger charge is -2.33. The van der Waals surface area contributed by atoms with Crippen LogP contribution < -0.4 is 5.32 Å². The molecule has 0 saturated heterocycles. The molecule has 1 aliphatic rings. The van der Waals surface area contributed by atoms with E-state index in [1.807, 2.05) is 0 Å². The largest absolute Gasteiger partial charge is 0.416 e. The highest BCUT2D eigenvalue weighted by molar-refractivity contribution is 5.81. The van der Waals surface area contributed by atoms with E-state index in [9.17, 15) is 31.1 Å². The first-order valence-corrected chi connectivity index (χ1v) is 10.3. The Labute approximate surface area is 188 Å². The number of aromatic nitrogens is 1. The first-order chi connectivity index (χ1) is 15.1. The minimum absolute atomic E-state index is 0.209. The summed E-state index contributed by atoms with van der Waals surface area (Å²) in [4.78, 5) is 17.0. The highest BCUT2D eigenvalue weighted by atomic mass is 19.4. The first kappa shape index (κ1) is 24.9. The van der Waals surface area contributed by atoms with Crippen LogP contribution in [0.25, 0.3) is 0 Å². The average Bonchev–Trinajstić information content (AvgIpc) is 3.07. The van der Waals surface area contributed by atoms with Crippen LogP contribution in [0.1, 0.15) is 49.2 Å². The van der Waals surface area contributed by atoms with Gasteiger partial charge in [0.15, 0.2) is 6.04 Å². The van der Waals surface area contributed by atoms with E-state index in [0.717, 1.165) is 24.7 Å². The maximum absolute atomic E-state index is 13.8. The minimum Gasteiger partial charge on any atom is -0.380 e. The van der Waals surface area contributed by atoms with Gasteiger partial charge in [-0.15, -0.1) is 0 Å². The molecule has 1 aromatic heterocycles. The predicted octanol–water partition coefficient (Wildman–Crippen LogP) is 5.79. The highest BCUT2D eigenvalue weighted by Gasteiger charge is 2.47. The molecule has 1 heterocycles. The molecule has 2 atom stereocenters. The Kier molecular flexibility index (Phi) is 6.43. The molecule has 0 saturated carbocycles. The Bertz CT molecular complexity index is 1010. The van der Waals surface area contributed by atoms with Crippen LogP contribution in [-0.4, -0.2) is 35.1 Å². The standard InChI is InChI=1S/C23H25F6N3O/c1-21(2,3)20(33)32(4)19(23(27,28)29)18-8-7-16(12-30-18)31-17-10-13-5-6-15(22(24,25)26)9-14(13)11-17/h5-9,12,17,19,31H,10-11H2,1-4H3. The number of halogens is 6. The fourth-order valence-electron chi connectivity index (χ4n) is 4.02. The van der Waals surface area contributed by atoms with E-state index in [4.69, 9.17) is 0 Å². The van der Waals surface area contributed by atoms with Crippen molar-refractivity contribution >= 4 is 11.6 Å². The summed E-state index contributed by atoms with van der Waals surface area (Å²) in [5.41, 5.74) is -0.199. The number of benzene rings is 1. The van der Waals surface area contributed by atoms with Crippen LogP contribution in [0.3, 0.4) is 0 Å². The minimum atomic E-state index is -4.72. The Morgan fingerprint density at radius 2 is 1.67 bits per heavy atom. The second-order valence-corrected chi connectivity index (χ2v) is 9.31. The van der Waals surface area contributed by atoms with Gasteiger partial charge < -0.3 is 10.2 Å². The van der Waals surface area contributed by atoms with E-state index >= 15 is 0 Å². The van der Waals surface area contributed by atoms with Gasteiger partial charge in [0.1, 0.15) is 0 Å². The van der Waals surface area contributed by atoms with Crippen molar-refractivity contribution in [3.63, 3.8) is 0 Å². The molecule has 0 aliphatic heterocycles. The summed E-state index contributed by atoms with van der Waals surface area (Å²) in [5, 5.41) is 3.12. The van der Waals surface area contributed by atoms with Gasteiger partial charge in [0.25, 0.3) is 0 Å². The van der Waals surface area contributed by atoms with Gasteiger partial charge in [-0.2, -0.15) is 26.3 Å². The number of carbonyl (C=O) groups excluding carboxylic acids is 1. The third-order valence-corrected chi connectivity index (χ3v) is 5.56. The van der Waals surface area contributed by atoms with Crippen molar-refractivity contribution in [3.8, 4) is 0 Å². The van der Waals surface area contributed by atoms with Gasteiger partial charge >= 0.3 is 12.4 Å². The Balaban J connectivity index is 1.74. The van der Waals surface area contributed by atoms with Crippen LogP contribution in [0.4, 0.5) is 32.0 Å². The predicted molar refractivity (Wildman–Crippen MR) is 112 cm³/mol. The van der Waals surface area contributed by atoms with Crippen LogP contribution >= 0.6 is 0 Å². The molecular weight excluding hydrogens is 448 g/mol. The van der Waals surface area contributed by atoms with Crippen molar-refractivity contribution in [2.45, 2.75) is 58.0 Å². The van der Waals surface area contributed by atoms with Gasteiger partial charge in [0, 0.05) is 18.5 Å². The lowest BCUT2D eigenvalue weighted by atomic mass is 9.93. The molecule has 0 fully saturated rings. The van der Waals surface area contributed by atoms with E-state index in [2.05, 4.69) is 10.3 Å². The summed E-state index contributed by atoms with van der Waals surface area (Å²) in [6.07, 6.45) is -7.05. The van der Waals surface area contributed by atoms with Crippen LogP contribution in [0.5, 0.6) is 0 Å². The number of nitrogens with zero attached hydrogens (tertiary/aromatic N) is 2. The van der Waals surface area contributed by atoms with Gasteiger partial charge in [-0.3, -0.25) is 9.78 Å². The Morgan fingerprint density at radius 3 is 2.18 bits per heavy atom. The number of fused-ring (bicyclic) bond motifs is 1. The number of alkyl halides is 6. The maximum Gasteiger partial charge on any atom is 0.416 e. The van der Waals surface area contributed by atoms with Gasteiger partial charge in [-0.25, -0.2) is 0 Å². The monoisotopic (exact) mass is 473 g/mol. The van der Waals surface area contributed by atoms with E-state index in [1.165, 1.54) is 45.2 Å². The van der Waals surface area contributed by atoms with Gasteiger partial charge in [-0.1, -0.05) is 26.8 Å². The van der Waals surface area contributed by atoms with E-state index in [1.54, 1.807) is 0 Å². The van der Waals surface area contributed by atoms with Crippen LogP contribution in [0, 0.1) is 5.41 Å². The topological polar surface area (TPSA) is 45.2 Å². The second-order valence-electron chi connectivity index (χ2n) is 9.31. The molecule has 4 nitrogen and oxygen atoms in total. The smallest absolute Gasteiger partial charge is 0.380 e. The summed E-state index contributed by atoms with van der Waals surface area (Å²) < 4.78 is 80.1. The number of nitrogens with one attached hydrogen (secondary N) is 1. The van der Waals surface area contributed by atoms with Crippen molar-refractivity contribution in [1.82, 2.24) is 9.88 Å². The van der Waals surface area contributed by atoms with Crippen molar-refractivity contribution < 1.29 is 31.1 Å². The van der Waals surface area contributed by atoms with Crippen molar-refractivity contribution in [1.29, 1.82) is 0 Å². The molecule has 33 heavy (non-hydrogen) atoms. The fraction of sp³-hybridized carbons (Fsp3) is 0.478. The fourth-order valence-corrected chi connectivity index (χ4v) is 4.02. The zero-order valence-electron chi connectivity index (χ0n) is 18.6. The molecular formula is C23H25F6N3O. The summed E-state index contributed by atoms with van der Waals surface area (Å²) in [5.74, 6) is -0.671. The number of amides is 1. The number of pyridine rings is 1. The van der Waals surface area contributed by atoms with E-state index in [0.29, 0.717) is 29.0 Å². The van der Waals surface area contributed by atoms with Gasteiger partial charge in [0.05, 0.1) is 23.1 Å². The molecule has 0 spiro atoms. The maximum atomic E-state index is 13.8. The van der Waals surface area contributed by atoms with E-state index < -0.39 is 35.3 Å². The first-order valence-electron chi connectivity index (χ1n) is 10.3. The molecule has 1 aliphatic carbocycles. The third kappa shape index (κ3) is 5.59. The van der Waals surface area contributed by atoms with Crippen LogP contribution in [0.2, 0.25) is 0 Å². The molecule has 0 radical (unpaired) electrons. The van der Waals surface area contributed by atoms with Crippen LogP contribution in [-0.2, 0) is 23.8 Å². The number of carbonyl (C=O) groups is 1. The molecule has 1 aromatic carbocycles. The molecule has 2 aromatic rings. The molecule has 10 heteroatoms. The lowest BCUT2D eigenvalue weighted by Crippen LogP contribution is -2.44. The zero-order chi connectivity index (χ0) is 24.8. The molecule has 3 rings (SSSR count). The van der Waals surface area contributed by atoms with Crippen molar-refractivity contribution in [3.05, 3.63) is 58.9 Å². The van der Waals surface area contributed by atoms with Gasteiger partial charge in [-0.05, 0) is 48.2 Å². The summed E-state index contributed by atoms with van der Waals surface area (Å²) >= 11 is 0. The van der Waals surface area contributed by atoms with Gasteiger partial charge in [0.2, 0.25) is 5.91 Å². The normalized spacial score (nSPS) is 17.5. The quantitative estimate of drug-likeness (QED) is 0.572. The molecule has 1 amide bonds. The number of hydrogen-bond donors (Lipinski definition) is 1. The SMILES string of the molecule is CN(C(=O)C(C)(C)C)C(c1ccc(NC2Cc3ccc(C(F)(F)F)cc3C2)cn1)C(F)(F)F.